The highest BCUT2D eigenvalue weighted by Gasteiger charge is 2.11. The molecule has 0 aliphatic carbocycles. The van der Waals surface area contributed by atoms with Gasteiger partial charge in [0.2, 0.25) is 0 Å². The molecule has 2 aromatic carbocycles. The zero-order valence-corrected chi connectivity index (χ0v) is 16.0. The quantitative estimate of drug-likeness (QED) is 0.424. The highest BCUT2D eigenvalue weighted by atomic mass is 32.2. The molecule has 0 fully saturated rings. The molecule has 0 saturated heterocycles. The molecule has 2 rings (SSSR count). The molecule has 1 N–H and O–H groups in total. The van der Waals surface area contributed by atoms with E-state index in [4.69, 9.17) is 14.7 Å². The van der Waals surface area contributed by atoms with Crippen LogP contribution in [0.4, 0.5) is 5.69 Å². The molecule has 7 heteroatoms. The van der Waals surface area contributed by atoms with Crippen molar-refractivity contribution in [2.24, 2.45) is 0 Å². The van der Waals surface area contributed by atoms with E-state index in [2.05, 4.69) is 5.32 Å². The van der Waals surface area contributed by atoms with Crippen molar-refractivity contribution in [3.8, 4) is 11.2 Å². The van der Waals surface area contributed by atoms with Gasteiger partial charge in [0.25, 0.3) is 5.91 Å². The summed E-state index contributed by atoms with van der Waals surface area (Å²) < 4.78 is 10.3. The lowest BCUT2D eigenvalue weighted by atomic mass is 10.1. The molecule has 0 radical (unpaired) electrons. The number of nitriles is 1. The number of ether oxygens (including phenoxy) is 2. The molecule has 0 unspecified atom stereocenters. The SMILES string of the molecule is COc1ccccc1CCC(=O)OCC(=O)Nc1ccc(SC#N)cc1C. The minimum Gasteiger partial charge on any atom is -0.496 e. The smallest absolute Gasteiger partial charge is 0.306 e. The molecule has 27 heavy (non-hydrogen) atoms. The summed E-state index contributed by atoms with van der Waals surface area (Å²) in [5.74, 6) is -0.144. The number of thiocyanates is 1. The molecule has 0 atom stereocenters. The topological polar surface area (TPSA) is 88.4 Å². The summed E-state index contributed by atoms with van der Waals surface area (Å²) >= 11 is 1.05. The first-order valence-corrected chi connectivity index (χ1v) is 9.09. The number of esters is 1. The van der Waals surface area contributed by atoms with Crippen LogP contribution in [0.2, 0.25) is 0 Å². The van der Waals surface area contributed by atoms with Crippen LogP contribution in [0.1, 0.15) is 17.5 Å². The maximum atomic E-state index is 12.0. The normalized spacial score (nSPS) is 9.96. The number of carbonyl (C=O) groups excluding carboxylic acids is 2. The Labute approximate surface area is 162 Å². The molecule has 0 saturated carbocycles. The molecule has 0 bridgehead atoms. The second-order valence-corrected chi connectivity index (χ2v) is 6.55. The number of methoxy groups -OCH3 is 1. The summed E-state index contributed by atoms with van der Waals surface area (Å²) in [7, 11) is 1.58. The molecular formula is C20H20N2O4S. The average molecular weight is 384 g/mol. The van der Waals surface area contributed by atoms with Gasteiger partial charge in [0.15, 0.2) is 6.61 Å². The summed E-state index contributed by atoms with van der Waals surface area (Å²) in [5.41, 5.74) is 2.35. The number of para-hydroxylation sites is 1. The predicted octanol–water partition coefficient (Wildman–Crippen LogP) is 3.69. The fourth-order valence-electron chi connectivity index (χ4n) is 2.44. The van der Waals surface area contributed by atoms with E-state index in [1.807, 2.05) is 42.7 Å². The van der Waals surface area contributed by atoms with Gasteiger partial charge in [-0.3, -0.25) is 9.59 Å². The van der Waals surface area contributed by atoms with Gasteiger partial charge in [0.05, 0.1) is 7.11 Å². The molecule has 0 aliphatic heterocycles. The fraction of sp³-hybridized carbons (Fsp3) is 0.250. The van der Waals surface area contributed by atoms with Gasteiger partial charge >= 0.3 is 5.97 Å². The van der Waals surface area contributed by atoms with Crippen LogP contribution in [-0.2, 0) is 20.7 Å². The van der Waals surface area contributed by atoms with Crippen LogP contribution in [0, 0.1) is 17.6 Å². The monoisotopic (exact) mass is 384 g/mol. The van der Waals surface area contributed by atoms with Crippen molar-refractivity contribution in [1.82, 2.24) is 0 Å². The lowest BCUT2D eigenvalue weighted by Crippen LogP contribution is -2.21. The Bertz CT molecular complexity index is 861. The first-order chi connectivity index (χ1) is 13.0. The number of hydrogen-bond donors (Lipinski definition) is 1. The Balaban J connectivity index is 1.80. The largest absolute Gasteiger partial charge is 0.496 e. The van der Waals surface area contributed by atoms with Gasteiger partial charge in [-0.25, -0.2) is 0 Å². The molecule has 0 heterocycles. The maximum Gasteiger partial charge on any atom is 0.306 e. The van der Waals surface area contributed by atoms with E-state index in [9.17, 15) is 9.59 Å². The van der Waals surface area contributed by atoms with E-state index in [1.165, 1.54) is 0 Å². The Morgan fingerprint density at radius 2 is 2.00 bits per heavy atom. The summed E-state index contributed by atoms with van der Waals surface area (Å²) in [5, 5.41) is 13.4. The third-order valence-corrected chi connectivity index (χ3v) is 4.37. The number of amides is 1. The fourth-order valence-corrected chi connectivity index (χ4v) is 2.92. The van der Waals surface area contributed by atoms with E-state index in [-0.39, 0.29) is 13.0 Å². The van der Waals surface area contributed by atoms with Gasteiger partial charge in [-0.05, 0) is 60.5 Å². The summed E-state index contributed by atoms with van der Waals surface area (Å²) in [4.78, 5) is 24.7. The van der Waals surface area contributed by atoms with Gasteiger partial charge < -0.3 is 14.8 Å². The molecule has 0 aliphatic rings. The first kappa shape index (κ1) is 20.3. The van der Waals surface area contributed by atoms with Crippen LogP contribution >= 0.6 is 11.8 Å². The average Bonchev–Trinajstić information content (AvgIpc) is 2.67. The van der Waals surface area contributed by atoms with Crippen molar-refractivity contribution >= 4 is 29.3 Å². The molecule has 6 nitrogen and oxygen atoms in total. The Kier molecular flexibility index (Phi) is 7.71. The highest BCUT2D eigenvalue weighted by Crippen LogP contribution is 2.23. The van der Waals surface area contributed by atoms with Gasteiger partial charge in [0, 0.05) is 17.0 Å². The number of rotatable bonds is 8. The Hall–Kier alpha value is -2.98. The highest BCUT2D eigenvalue weighted by molar-refractivity contribution is 8.03. The minimum atomic E-state index is -0.450. The first-order valence-electron chi connectivity index (χ1n) is 8.27. The molecular weight excluding hydrogens is 364 g/mol. The molecule has 2 aromatic rings. The van der Waals surface area contributed by atoms with E-state index in [0.717, 1.165) is 33.5 Å². The minimum absolute atomic E-state index is 0.159. The predicted molar refractivity (Wildman–Crippen MR) is 104 cm³/mol. The van der Waals surface area contributed by atoms with Crippen LogP contribution < -0.4 is 10.1 Å². The van der Waals surface area contributed by atoms with Crippen molar-refractivity contribution in [1.29, 1.82) is 5.26 Å². The Morgan fingerprint density at radius 1 is 1.22 bits per heavy atom. The maximum absolute atomic E-state index is 12.0. The molecule has 0 spiro atoms. The van der Waals surface area contributed by atoms with E-state index >= 15 is 0 Å². The third-order valence-electron chi connectivity index (χ3n) is 3.79. The zero-order chi connectivity index (χ0) is 19.6. The van der Waals surface area contributed by atoms with Crippen LogP contribution in [0.5, 0.6) is 5.75 Å². The van der Waals surface area contributed by atoms with Crippen LogP contribution in [0.15, 0.2) is 47.4 Å². The van der Waals surface area contributed by atoms with Crippen molar-refractivity contribution < 1.29 is 19.1 Å². The van der Waals surface area contributed by atoms with Crippen molar-refractivity contribution in [2.75, 3.05) is 19.0 Å². The second-order valence-electron chi connectivity index (χ2n) is 5.69. The summed E-state index contributed by atoms with van der Waals surface area (Å²) in [6.45, 7) is 1.48. The van der Waals surface area contributed by atoms with Crippen molar-refractivity contribution in [3.05, 3.63) is 53.6 Å². The number of thioether (sulfide) groups is 1. The number of nitrogens with one attached hydrogen (secondary N) is 1. The number of anilines is 1. The zero-order valence-electron chi connectivity index (χ0n) is 15.2. The van der Waals surface area contributed by atoms with Gasteiger partial charge in [-0.1, -0.05) is 18.2 Å². The third kappa shape index (κ3) is 6.35. The molecule has 0 aromatic heterocycles. The Morgan fingerprint density at radius 3 is 2.70 bits per heavy atom. The number of hydrogen-bond acceptors (Lipinski definition) is 6. The van der Waals surface area contributed by atoms with E-state index < -0.39 is 11.9 Å². The summed E-state index contributed by atoms with van der Waals surface area (Å²) in [6, 6.07) is 12.7. The number of nitrogens with zero attached hydrogens (tertiary/aromatic N) is 1. The number of aryl methyl sites for hydroxylation is 2. The van der Waals surface area contributed by atoms with Crippen LogP contribution in [0.3, 0.4) is 0 Å². The van der Waals surface area contributed by atoms with Gasteiger partial charge in [0.1, 0.15) is 11.2 Å². The number of benzene rings is 2. The summed E-state index contributed by atoms with van der Waals surface area (Å²) in [6.07, 6.45) is 0.633. The standard InChI is InChI=1S/C20H20N2O4S/c1-14-11-16(27-13-21)8-9-17(14)22-19(23)12-26-20(24)10-7-15-5-3-4-6-18(15)25-2/h3-6,8-9,11H,7,10,12H2,1-2H3,(H,22,23). The lowest BCUT2D eigenvalue weighted by Gasteiger charge is -2.10. The number of carbonyl (C=O) groups is 2. The van der Waals surface area contributed by atoms with Crippen molar-refractivity contribution in [3.63, 3.8) is 0 Å². The lowest BCUT2D eigenvalue weighted by molar-refractivity contribution is -0.147. The molecule has 1 amide bonds. The van der Waals surface area contributed by atoms with Crippen LogP contribution in [0.25, 0.3) is 0 Å². The van der Waals surface area contributed by atoms with E-state index in [0.29, 0.717) is 12.1 Å². The second kappa shape index (κ2) is 10.2. The molecule has 140 valence electrons. The van der Waals surface area contributed by atoms with Gasteiger partial charge in [-0.2, -0.15) is 5.26 Å². The van der Waals surface area contributed by atoms with Crippen molar-refractivity contribution in [2.45, 2.75) is 24.7 Å². The van der Waals surface area contributed by atoms with Gasteiger partial charge in [-0.15, -0.1) is 0 Å². The van der Waals surface area contributed by atoms with E-state index in [1.54, 1.807) is 19.2 Å². The van der Waals surface area contributed by atoms with Crippen LogP contribution in [-0.4, -0.2) is 25.6 Å².